The average Bonchev–Trinajstić information content (AvgIpc) is 2.34. The molecule has 0 fully saturated rings. The summed E-state index contributed by atoms with van der Waals surface area (Å²) in [7, 11) is 1.61. The van der Waals surface area contributed by atoms with Crippen LogP contribution in [0.4, 0.5) is 8.78 Å². The van der Waals surface area contributed by atoms with Crippen LogP contribution in [-0.4, -0.2) is 7.05 Å². The first-order valence-electron chi connectivity index (χ1n) is 5.70. The molecule has 2 rings (SSSR count). The summed E-state index contributed by atoms with van der Waals surface area (Å²) in [6, 6.07) is 6.54. The monoisotopic (exact) mass is 379 g/mol. The zero-order valence-corrected chi connectivity index (χ0v) is 13.5. The van der Waals surface area contributed by atoms with E-state index in [4.69, 9.17) is 23.2 Å². The van der Waals surface area contributed by atoms with E-state index in [2.05, 4.69) is 21.2 Å². The van der Waals surface area contributed by atoms with Gasteiger partial charge in [0, 0.05) is 20.1 Å². The average molecular weight is 381 g/mol. The van der Waals surface area contributed by atoms with Crippen LogP contribution < -0.4 is 5.32 Å². The van der Waals surface area contributed by atoms with Gasteiger partial charge in [-0.05, 0) is 36.9 Å². The van der Waals surface area contributed by atoms with Gasteiger partial charge in [0.05, 0.1) is 6.04 Å². The lowest BCUT2D eigenvalue weighted by Crippen LogP contribution is -2.21. The zero-order chi connectivity index (χ0) is 14.9. The first-order chi connectivity index (χ1) is 9.43. The van der Waals surface area contributed by atoms with E-state index < -0.39 is 17.7 Å². The van der Waals surface area contributed by atoms with Crippen molar-refractivity contribution in [3.05, 3.63) is 67.6 Å². The lowest BCUT2D eigenvalue weighted by atomic mass is 9.97. The molecule has 1 nitrogen and oxygen atoms in total. The second-order valence-electron chi connectivity index (χ2n) is 4.17. The van der Waals surface area contributed by atoms with Crippen LogP contribution in [0.1, 0.15) is 17.2 Å². The van der Waals surface area contributed by atoms with Crippen molar-refractivity contribution in [3.8, 4) is 0 Å². The van der Waals surface area contributed by atoms with E-state index in [0.717, 1.165) is 0 Å². The van der Waals surface area contributed by atoms with Crippen LogP contribution in [0, 0.1) is 11.6 Å². The molecule has 0 radical (unpaired) electrons. The van der Waals surface area contributed by atoms with E-state index in [1.165, 1.54) is 18.2 Å². The van der Waals surface area contributed by atoms with Crippen molar-refractivity contribution in [3.63, 3.8) is 0 Å². The van der Waals surface area contributed by atoms with Crippen molar-refractivity contribution < 1.29 is 8.78 Å². The molecule has 0 heterocycles. The SMILES string of the molecule is CNC(c1ccc(Cl)cc1Cl)c1c(F)cc(Br)cc1F. The second-order valence-corrected chi connectivity index (χ2v) is 5.93. The molecule has 2 aromatic rings. The Bertz CT molecular complexity index is 626. The summed E-state index contributed by atoms with van der Waals surface area (Å²) >= 11 is 15.0. The number of hydrogen-bond donors (Lipinski definition) is 1. The fraction of sp³-hybridized carbons (Fsp3) is 0.143. The molecule has 0 aliphatic rings. The molecule has 0 aliphatic heterocycles. The quantitative estimate of drug-likeness (QED) is 0.757. The first-order valence-corrected chi connectivity index (χ1v) is 7.25. The van der Waals surface area contributed by atoms with Crippen LogP contribution >= 0.6 is 39.1 Å². The summed E-state index contributed by atoms with van der Waals surface area (Å²) < 4.78 is 28.5. The van der Waals surface area contributed by atoms with E-state index in [1.807, 2.05) is 0 Å². The van der Waals surface area contributed by atoms with Gasteiger partial charge >= 0.3 is 0 Å². The smallest absolute Gasteiger partial charge is 0.132 e. The maximum atomic E-state index is 14.1. The van der Waals surface area contributed by atoms with Gasteiger partial charge in [0.2, 0.25) is 0 Å². The summed E-state index contributed by atoms with van der Waals surface area (Å²) in [5.41, 5.74) is 0.471. The summed E-state index contributed by atoms with van der Waals surface area (Å²) in [6.07, 6.45) is 0. The fourth-order valence-electron chi connectivity index (χ4n) is 2.02. The van der Waals surface area contributed by atoms with Crippen LogP contribution in [0.25, 0.3) is 0 Å². The van der Waals surface area contributed by atoms with Crippen molar-refractivity contribution in [2.75, 3.05) is 7.05 Å². The molecule has 1 N–H and O–H groups in total. The first kappa shape index (κ1) is 15.7. The Morgan fingerprint density at radius 1 is 1.10 bits per heavy atom. The minimum absolute atomic E-state index is 0.0834. The van der Waals surface area contributed by atoms with Gasteiger partial charge < -0.3 is 5.32 Å². The predicted molar refractivity (Wildman–Crippen MR) is 81.4 cm³/mol. The highest BCUT2D eigenvalue weighted by atomic mass is 79.9. The lowest BCUT2D eigenvalue weighted by Gasteiger charge is -2.20. The molecular formula is C14H10BrCl2F2N. The third-order valence-electron chi connectivity index (χ3n) is 2.89. The summed E-state index contributed by atoms with van der Waals surface area (Å²) in [4.78, 5) is 0. The fourth-order valence-corrected chi connectivity index (χ4v) is 2.94. The van der Waals surface area contributed by atoms with E-state index in [1.54, 1.807) is 19.2 Å². The van der Waals surface area contributed by atoms with Crippen LogP contribution in [-0.2, 0) is 0 Å². The van der Waals surface area contributed by atoms with Gasteiger partial charge in [-0.25, -0.2) is 8.78 Å². The normalized spacial score (nSPS) is 12.5. The lowest BCUT2D eigenvalue weighted by molar-refractivity contribution is 0.521. The molecule has 106 valence electrons. The number of halogens is 5. The van der Waals surface area contributed by atoms with Gasteiger partial charge in [-0.1, -0.05) is 45.2 Å². The summed E-state index contributed by atoms with van der Waals surface area (Å²) in [5.74, 6) is -1.30. The molecule has 0 aliphatic carbocycles. The molecule has 0 aromatic heterocycles. The number of rotatable bonds is 3. The molecule has 1 atom stereocenters. The Kier molecular flexibility index (Phi) is 5.02. The summed E-state index contributed by atoms with van der Waals surface area (Å²) in [5, 5.41) is 3.68. The topological polar surface area (TPSA) is 12.0 Å². The van der Waals surface area contributed by atoms with E-state index >= 15 is 0 Å². The molecule has 0 saturated carbocycles. The van der Waals surface area contributed by atoms with Crippen LogP contribution in [0.2, 0.25) is 10.0 Å². The van der Waals surface area contributed by atoms with Crippen molar-refractivity contribution in [1.29, 1.82) is 0 Å². The van der Waals surface area contributed by atoms with Crippen molar-refractivity contribution in [1.82, 2.24) is 5.32 Å². The minimum atomic E-state index is -0.701. The van der Waals surface area contributed by atoms with Crippen molar-refractivity contribution in [2.45, 2.75) is 6.04 Å². The predicted octanol–water partition coefficient (Wildman–Crippen LogP) is 5.34. The van der Waals surface area contributed by atoms with Crippen LogP contribution in [0.15, 0.2) is 34.8 Å². The van der Waals surface area contributed by atoms with E-state index in [-0.39, 0.29) is 5.56 Å². The largest absolute Gasteiger partial charge is 0.309 e. The number of hydrogen-bond acceptors (Lipinski definition) is 1. The Morgan fingerprint density at radius 2 is 1.70 bits per heavy atom. The maximum absolute atomic E-state index is 14.1. The molecule has 0 spiro atoms. The van der Waals surface area contributed by atoms with Gasteiger partial charge in [0.15, 0.2) is 0 Å². The number of benzene rings is 2. The van der Waals surface area contributed by atoms with Crippen LogP contribution in [0.5, 0.6) is 0 Å². The Balaban J connectivity index is 2.58. The van der Waals surface area contributed by atoms with Gasteiger partial charge in [-0.2, -0.15) is 0 Å². The highest BCUT2D eigenvalue weighted by Gasteiger charge is 2.23. The summed E-state index contributed by atoms with van der Waals surface area (Å²) in [6.45, 7) is 0. The molecule has 0 saturated heterocycles. The molecular weight excluding hydrogens is 371 g/mol. The van der Waals surface area contributed by atoms with Gasteiger partial charge in [-0.15, -0.1) is 0 Å². The highest BCUT2D eigenvalue weighted by molar-refractivity contribution is 9.10. The van der Waals surface area contributed by atoms with E-state index in [9.17, 15) is 8.78 Å². The van der Waals surface area contributed by atoms with Crippen LogP contribution in [0.3, 0.4) is 0 Å². The maximum Gasteiger partial charge on any atom is 0.132 e. The molecule has 1 unspecified atom stereocenters. The van der Waals surface area contributed by atoms with Gasteiger partial charge in [-0.3, -0.25) is 0 Å². The van der Waals surface area contributed by atoms with Crippen molar-refractivity contribution in [2.24, 2.45) is 0 Å². The Labute approximate surface area is 134 Å². The molecule has 0 amide bonds. The minimum Gasteiger partial charge on any atom is -0.309 e. The second kappa shape index (κ2) is 6.39. The molecule has 0 bridgehead atoms. The van der Waals surface area contributed by atoms with Crippen molar-refractivity contribution >= 4 is 39.1 Å². The number of nitrogens with one attached hydrogen (secondary N) is 1. The Hall–Kier alpha value is -0.680. The molecule has 20 heavy (non-hydrogen) atoms. The highest BCUT2D eigenvalue weighted by Crippen LogP contribution is 2.33. The molecule has 2 aromatic carbocycles. The van der Waals surface area contributed by atoms with E-state index in [0.29, 0.717) is 20.1 Å². The Morgan fingerprint density at radius 3 is 2.20 bits per heavy atom. The zero-order valence-electron chi connectivity index (χ0n) is 10.4. The third kappa shape index (κ3) is 3.14. The standard InChI is InChI=1S/C14H10BrCl2F2N/c1-20-14(9-3-2-8(16)6-10(9)17)13-11(18)4-7(15)5-12(13)19/h2-6,14,20H,1H3. The third-order valence-corrected chi connectivity index (χ3v) is 3.91. The molecule has 6 heteroatoms. The van der Waals surface area contributed by atoms with Gasteiger partial charge in [0.1, 0.15) is 11.6 Å². The van der Waals surface area contributed by atoms with Gasteiger partial charge in [0.25, 0.3) is 0 Å².